The fourth-order valence-electron chi connectivity index (χ4n) is 2.95. The summed E-state index contributed by atoms with van der Waals surface area (Å²) in [7, 11) is 0. The standard InChI is InChI=1S/C17H32O6/c1-2-3-4-5-6-7-8-9-12(19)10-13-15(20)17(22)16(21)14(11-18)23-13/h13-18,20-22H,2-11H2,1H3/t13-,14+,15-,16+,17+/m0/s1. The molecule has 1 heterocycles. The van der Waals surface area contributed by atoms with Gasteiger partial charge in [0.25, 0.3) is 0 Å². The van der Waals surface area contributed by atoms with Crippen LogP contribution in [0.2, 0.25) is 0 Å². The second-order valence-corrected chi connectivity index (χ2v) is 6.48. The van der Waals surface area contributed by atoms with Crippen molar-refractivity contribution in [1.29, 1.82) is 0 Å². The smallest absolute Gasteiger partial charge is 0.135 e. The van der Waals surface area contributed by atoms with E-state index in [9.17, 15) is 20.1 Å². The van der Waals surface area contributed by atoms with Crippen molar-refractivity contribution in [3.63, 3.8) is 0 Å². The summed E-state index contributed by atoms with van der Waals surface area (Å²) in [5.74, 6) is -0.0251. The SMILES string of the molecule is CCCCCCCCCC(=O)C[C@@H]1O[C@H](CO)[C@@H](O)[C@H](O)[C@H]1O. The molecule has 0 saturated carbocycles. The molecule has 5 atom stereocenters. The summed E-state index contributed by atoms with van der Waals surface area (Å²) in [6.45, 7) is 1.71. The average Bonchev–Trinajstić information content (AvgIpc) is 2.54. The van der Waals surface area contributed by atoms with Crippen molar-refractivity contribution < 1.29 is 30.0 Å². The van der Waals surface area contributed by atoms with Crippen LogP contribution in [0.4, 0.5) is 0 Å². The van der Waals surface area contributed by atoms with Gasteiger partial charge in [-0.05, 0) is 6.42 Å². The molecule has 0 spiro atoms. The maximum atomic E-state index is 12.0. The Hall–Kier alpha value is -0.530. The summed E-state index contributed by atoms with van der Waals surface area (Å²) in [6.07, 6.45) is 2.43. The van der Waals surface area contributed by atoms with Gasteiger partial charge in [-0.15, -0.1) is 0 Å². The second-order valence-electron chi connectivity index (χ2n) is 6.48. The van der Waals surface area contributed by atoms with E-state index in [0.29, 0.717) is 6.42 Å². The molecule has 6 nitrogen and oxygen atoms in total. The lowest BCUT2D eigenvalue weighted by atomic mass is 9.92. The van der Waals surface area contributed by atoms with Gasteiger partial charge in [0.05, 0.1) is 12.7 Å². The highest BCUT2D eigenvalue weighted by atomic mass is 16.5. The second kappa shape index (κ2) is 11.1. The Labute approximate surface area is 138 Å². The molecule has 6 heteroatoms. The zero-order chi connectivity index (χ0) is 17.2. The summed E-state index contributed by atoms with van der Waals surface area (Å²) < 4.78 is 5.34. The van der Waals surface area contributed by atoms with Crippen LogP contribution in [0.1, 0.15) is 64.7 Å². The largest absolute Gasteiger partial charge is 0.394 e. The molecule has 0 aliphatic carbocycles. The third-order valence-electron chi connectivity index (χ3n) is 4.48. The molecule has 0 amide bonds. The van der Waals surface area contributed by atoms with Gasteiger partial charge in [-0.1, -0.05) is 45.4 Å². The maximum Gasteiger partial charge on any atom is 0.135 e. The minimum Gasteiger partial charge on any atom is -0.394 e. The highest BCUT2D eigenvalue weighted by Crippen LogP contribution is 2.24. The number of rotatable bonds is 11. The van der Waals surface area contributed by atoms with Gasteiger partial charge in [-0.25, -0.2) is 0 Å². The van der Waals surface area contributed by atoms with E-state index in [-0.39, 0.29) is 12.2 Å². The summed E-state index contributed by atoms with van der Waals surface area (Å²) >= 11 is 0. The normalized spacial score (nSPS) is 31.3. The Kier molecular flexibility index (Phi) is 9.90. The Morgan fingerprint density at radius 2 is 1.43 bits per heavy atom. The van der Waals surface area contributed by atoms with Gasteiger partial charge in [0.2, 0.25) is 0 Å². The quantitative estimate of drug-likeness (QED) is 0.419. The van der Waals surface area contributed by atoms with Crippen molar-refractivity contribution in [3.8, 4) is 0 Å². The molecule has 23 heavy (non-hydrogen) atoms. The van der Waals surface area contributed by atoms with Crippen LogP contribution < -0.4 is 0 Å². The fraction of sp³-hybridized carbons (Fsp3) is 0.941. The van der Waals surface area contributed by atoms with Gasteiger partial charge in [0.15, 0.2) is 0 Å². The van der Waals surface area contributed by atoms with Crippen molar-refractivity contribution >= 4 is 5.78 Å². The van der Waals surface area contributed by atoms with E-state index >= 15 is 0 Å². The van der Waals surface area contributed by atoms with Crippen molar-refractivity contribution in [1.82, 2.24) is 0 Å². The van der Waals surface area contributed by atoms with Crippen LogP contribution in [0.5, 0.6) is 0 Å². The third kappa shape index (κ3) is 6.85. The molecule has 1 aliphatic heterocycles. The Balaban J connectivity index is 2.25. The summed E-state index contributed by atoms with van der Waals surface area (Å²) in [5, 5.41) is 38.4. The van der Waals surface area contributed by atoms with E-state index in [1.807, 2.05) is 0 Å². The van der Waals surface area contributed by atoms with Crippen LogP contribution in [0.15, 0.2) is 0 Å². The molecule has 1 fully saturated rings. The van der Waals surface area contributed by atoms with E-state index in [0.717, 1.165) is 19.3 Å². The van der Waals surface area contributed by atoms with Gasteiger partial charge in [-0.2, -0.15) is 0 Å². The molecule has 1 saturated heterocycles. The maximum absolute atomic E-state index is 12.0. The monoisotopic (exact) mass is 332 g/mol. The zero-order valence-corrected chi connectivity index (χ0v) is 14.1. The van der Waals surface area contributed by atoms with Gasteiger partial charge < -0.3 is 25.2 Å². The minimum absolute atomic E-state index is 0.00270. The molecule has 0 aromatic rings. The summed E-state index contributed by atoms with van der Waals surface area (Å²) in [6, 6.07) is 0. The molecule has 0 aromatic carbocycles. The first-order valence-electron chi connectivity index (χ1n) is 8.83. The van der Waals surface area contributed by atoms with Gasteiger partial charge in [-0.3, -0.25) is 4.79 Å². The van der Waals surface area contributed by atoms with E-state index in [2.05, 4.69) is 6.92 Å². The molecule has 4 N–H and O–H groups in total. The van der Waals surface area contributed by atoms with Gasteiger partial charge >= 0.3 is 0 Å². The van der Waals surface area contributed by atoms with Crippen LogP contribution in [-0.2, 0) is 9.53 Å². The van der Waals surface area contributed by atoms with Crippen LogP contribution >= 0.6 is 0 Å². The van der Waals surface area contributed by atoms with Crippen molar-refractivity contribution in [2.24, 2.45) is 0 Å². The lowest BCUT2D eigenvalue weighted by Gasteiger charge is -2.39. The number of ketones is 1. The summed E-state index contributed by atoms with van der Waals surface area (Å²) in [5.41, 5.74) is 0. The van der Waals surface area contributed by atoms with Crippen molar-refractivity contribution in [2.45, 2.75) is 95.2 Å². The first kappa shape index (κ1) is 20.5. The number of unbranched alkanes of at least 4 members (excludes halogenated alkanes) is 6. The number of aliphatic hydroxyl groups excluding tert-OH is 4. The molecule has 1 aliphatic rings. The highest BCUT2D eigenvalue weighted by molar-refractivity contribution is 5.78. The topological polar surface area (TPSA) is 107 Å². The third-order valence-corrected chi connectivity index (χ3v) is 4.48. The van der Waals surface area contributed by atoms with Crippen LogP contribution in [-0.4, -0.2) is 63.3 Å². The number of carbonyl (C=O) groups excluding carboxylic acids is 1. The molecule has 0 radical (unpaired) electrons. The van der Waals surface area contributed by atoms with Crippen molar-refractivity contribution in [3.05, 3.63) is 0 Å². The molecule has 0 bridgehead atoms. The predicted molar refractivity (Wildman–Crippen MR) is 86.0 cm³/mol. The number of hydrogen-bond acceptors (Lipinski definition) is 6. The minimum atomic E-state index is -1.41. The lowest BCUT2D eigenvalue weighted by molar-refractivity contribution is -0.229. The first-order valence-corrected chi connectivity index (χ1v) is 8.83. The molecule has 136 valence electrons. The van der Waals surface area contributed by atoms with Gasteiger partial charge in [0, 0.05) is 12.8 Å². The van der Waals surface area contributed by atoms with Crippen LogP contribution in [0.25, 0.3) is 0 Å². The van der Waals surface area contributed by atoms with E-state index in [1.54, 1.807) is 0 Å². The highest BCUT2D eigenvalue weighted by Gasteiger charge is 2.43. The summed E-state index contributed by atoms with van der Waals surface area (Å²) in [4.78, 5) is 12.0. The Morgan fingerprint density at radius 1 is 0.870 bits per heavy atom. The Morgan fingerprint density at radius 3 is 2.04 bits per heavy atom. The fourth-order valence-corrected chi connectivity index (χ4v) is 2.95. The van der Waals surface area contributed by atoms with Crippen LogP contribution in [0, 0.1) is 0 Å². The van der Waals surface area contributed by atoms with Crippen LogP contribution in [0.3, 0.4) is 0 Å². The molecule has 0 aromatic heterocycles. The number of ether oxygens (including phenoxy) is 1. The Bertz CT molecular complexity index is 333. The number of carbonyl (C=O) groups is 1. The number of hydrogen-bond donors (Lipinski definition) is 4. The molecular formula is C17H32O6. The van der Waals surface area contributed by atoms with Crippen molar-refractivity contribution in [2.75, 3.05) is 6.61 Å². The van der Waals surface area contributed by atoms with E-state index < -0.39 is 37.1 Å². The molecule has 0 unspecified atom stereocenters. The lowest BCUT2D eigenvalue weighted by Crippen LogP contribution is -2.58. The van der Waals surface area contributed by atoms with E-state index in [4.69, 9.17) is 9.84 Å². The molecular weight excluding hydrogens is 300 g/mol. The number of Topliss-reactive ketones (excluding diaryl/α,β-unsaturated/α-hetero) is 1. The van der Waals surface area contributed by atoms with E-state index in [1.165, 1.54) is 25.7 Å². The zero-order valence-electron chi connectivity index (χ0n) is 14.1. The molecule has 1 rings (SSSR count). The predicted octanol–water partition coefficient (Wildman–Crippen LogP) is 0.929. The first-order chi connectivity index (χ1) is 11.0. The number of aliphatic hydroxyl groups is 4. The average molecular weight is 332 g/mol. The van der Waals surface area contributed by atoms with Gasteiger partial charge in [0.1, 0.15) is 30.2 Å².